The van der Waals surface area contributed by atoms with E-state index >= 15 is 0 Å². The lowest BCUT2D eigenvalue weighted by Crippen LogP contribution is -2.26. The molecule has 1 aromatic heterocycles. The molecule has 0 radical (unpaired) electrons. The molecule has 2 aromatic carbocycles. The highest BCUT2D eigenvalue weighted by Gasteiger charge is 2.21. The zero-order chi connectivity index (χ0) is 18.6. The molecule has 0 spiro atoms. The summed E-state index contributed by atoms with van der Waals surface area (Å²) < 4.78 is 2.14. The van der Waals surface area contributed by atoms with Gasteiger partial charge in [-0.2, -0.15) is 0 Å². The second-order valence-corrected chi connectivity index (χ2v) is 7.21. The minimum atomic E-state index is 0.0301. The number of carbonyl (C=O) groups excluding carboxylic acids is 1. The summed E-state index contributed by atoms with van der Waals surface area (Å²) in [5.74, 6) is 1.53. The third-order valence-corrected chi connectivity index (χ3v) is 5.45. The molecule has 0 saturated carbocycles. The molecule has 5 nitrogen and oxygen atoms in total. The Morgan fingerprint density at radius 2 is 2.04 bits per heavy atom. The number of nitrogens with zero attached hydrogens (tertiary/aromatic N) is 2. The molecule has 0 aliphatic carbocycles. The number of nitrogens with one attached hydrogen (secondary N) is 2. The van der Waals surface area contributed by atoms with Crippen molar-refractivity contribution in [1.82, 2.24) is 20.2 Å². The Morgan fingerprint density at radius 1 is 1.22 bits per heavy atom. The zero-order valence-corrected chi connectivity index (χ0v) is 15.7. The first-order valence-corrected chi connectivity index (χ1v) is 9.72. The van der Waals surface area contributed by atoms with Crippen molar-refractivity contribution in [1.29, 1.82) is 0 Å². The predicted octanol–water partition coefficient (Wildman–Crippen LogP) is 3.01. The molecule has 1 amide bonds. The summed E-state index contributed by atoms with van der Waals surface area (Å²) in [6.07, 6.45) is 2.81. The van der Waals surface area contributed by atoms with Crippen LogP contribution < -0.4 is 10.6 Å². The molecule has 2 N–H and O–H groups in total. The first kappa shape index (κ1) is 17.7. The van der Waals surface area contributed by atoms with Gasteiger partial charge in [0.05, 0.1) is 11.0 Å². The molecule has 140 valence electrons. The maximum Gasteiger partial charge on any atom is 0.251 e. The van der Waals surface area contributed by atoms with E-state index < -0.39 is 0 Å². The van der Waals surface area contributed by atoms with E-state index in [1.54, 1.807) is 0 Å². The maximum atomic E-state index is 12.7. The minimum absolute atomic E-state index is 0.0301. The van der Waals surface area contributed by atoms with E-state index in [9.17, 15) is 4.79 Å². The predicted molar refractivity (Wildman–Crippen MR) is 108 cm³/mol. The summed E-state index contributed by atoms with van der Waals surface area (Å²) in [6.45, 7) is 2.63. The number of imidazole rings is 1. The first-order valence-electron chi connectivity index (χ1n) is 9.72. The lowest BCUT2D eigenvalue weighted by Gasteiger charge is -2.14. The van der Waals surface area contributed by atoms with Crippen molar-refractivity contribution in [3.05, 3.63) is 65.5 Å². The number of benzene rings is 2. The highest BCUT2D eigenvalue weighted by Crippen LogP contribution is 2.25. The average molecular weight is 362 g/mol. The maximum absolute atomic E-state index is 12.7. The van der Waals surface area contributed by atoms with Gasteiger partial charge in [0.2, 0.25) is 0 Å². The molecule has 0 bridgehead atoms. The Morgan fingerprint density at radius 3 is 2.85 bits per heavy atom. The molecular weight excluding hydrogens is 336 g/mol. The zero-order valence-electron chi connectivity index (χ0n) is 15.7. The SMILES string of the molecule is Cn1c(CCCNC(=O)c2ccccc2[C@@H]2CCNC2)nc2ccccc21. The number of hydrogen-bond donors (Lipinski definition) is 2. The van der Waals surface area contributed by atoms with Crippen LogP contribution in [0.3, 0.4) is 0 Å². The van der Waals surface area contributed by atoms with Crippen molar-refractivity contribution in [3.8, 4) is 0 Å². The minimum Gasteiger partial charge on any atom is -0.352 e. The van der Waals surface area contributed by atoms with Crippen LogP contribution in [0.1, 0.15) is 40.5 Å². The number of fused-ring (bicyclic) bond motifs is 1. The molecule has 27 heavy (non-hydrogen) atoms. The summed E-state index contributed by atoms with van der Waals surface area (Å²) in [5.41, 5.74) is 4.15. The molecule has 1 aliphatic heterocycles. The van der Waals surface area contributed by atoms with Gasteiger partial charge in [-0.1, -0.05) is 30.3 Å². The van der Waals surface area contributed by atoms with Crippen molar-refractivity contribution < 1.29 is 4.79 Å². The third-order valence-electron chi connectivity index (χ3n) is 5.45. The number of aromatic nitrogens is 2. The van der Waals surface area contributed by atoms with E-state index in [-0.39, 0.29) is 5.91 Å². The van der Waals surface area contributed by atoms with Gasteiger partial charge in [0.15, 0.2) is 0 Å². The van der Waals surface area contributed by atoms with Gasteiger partial charge in [0.1, 0.15) is 5.82 Å². The number of hydrogen-bond acceptors (Lipinski definition) is 3. The van der Waals surface area contributed by atoms with Crippen LogP contribution in [-0.4, -0.2) is 35.1 Å². The molecule has 1 atom stereocenters. The second-order valence-electron chi connectivity index (χ2n) is 7.21. The van der Waals surface area contributed by atoms with Gasteiger partial charge in [0.25, 0.3) is 5.91 Å². The first-order chi connectivity index (χ1) is 13.2. The Hall–Kier alpha value is -2.66. The van der Waals surface area contributed by atoms with Gasteiger partial charge in [-0.05, 0) is 49.1 Å². The normalized spacial score (nSPS) is 16.7. The van der Waals surface area contributed by atoms with Gasteiger partial charge in [0, 0.05) is 32.1 Å². The van der Waals surface area contributed by atoms with Crippen LogP contribution in [-0.2, 0) is 13.5 Å². The third kappa shape index (κ3) is 3.74. The Balaban J connectivity index is 1.35. The van der Waals surface area contributed by atoms with E-state index in [1.807, 2.05) is 36.4 Å². The van der Waals surface area contributed by atoms with Gasteiger partial charge < -0.3 is 15.2 Å². The summed E-state index contributed by atoms with van der Waals surface area (Å²) in [5, 5.41) is 6.47. The highest BCUT2D eigenvalue weighted by molar-refractivity contribution is 5.95. The standard InChI is InChI=1S/C22H26N4O/c1-26-20-10-5-4-9-19(20)25-21(26)11-6-13-24-22(27)18-8-3-2-7-17(18)16-12-14-23-15-16/h2-5,7-10,16,23H,6,11-15H2,1H3,(H,24,27)/t16-/m1/s1. The van der Waals surface area contributed by atoms with Crippen LogP contribution >= 0.6 is 0 Å². The second kappa shape index (κ2) is 7.92. The van der Waals surface area contributed by atoms with Crippen LogP contribution in [0.5, 0.6) is 0 Å². The molecule has 4 rings (SSSR count). The lowest BCUT2D eigenvalue weighted by atomic mass is 9.93. The van der Waals surface area contributed by atoms with E-state index in [2.05, 4.69) is 34.4 Å². The van der Waals surface area contributed by atoms with Crippen molar-refractivity contribution in [2.75, 3.05) is 19.6 Å². The van der Waals surface area contributed by atoms with E-state index in [1.165, 1.54) is 0 Å². The fraction of sp³-hybridized carbons (Fsp3) is 0.364. The van der Waals surface area contributed by atoms with Gasteiger partial charge in [-0.15, -0.1) is 0 Å². The van der Waals surface area contributed by atoms with Crippen molar-refractivity contribution >= 4 is 16.9 Å². The van der Waals surface area contributed by atoms with E-state index in [0.717, 1.165) is 60.3 Å². The van der Waals surface area contributed by atoms with Crippen molar-refractivity contribution in [3.63, 3.8) is 0 Å². The van der Waals surface area contributed by atoms with Crippen LogP contribution in [0.2, 0.25) is 0 Å². The van der Waals surface area contributed by atoms with Crippen molar-refractivity contribution in [2.45, 2.75) is 25.2 Å². The molecule has 3 aromatic rings. The smallest absolute Gasteiger partial charge is 0.251 e. The quantitative estimate of drug-likeness (QED) is 0.663. The van der Waals surface area contributed by atoms with Crippen LogP contribution in [0.25, 0.3) is 11.0 Å². The van der Waals surface area contributed by atoms with Crippen LogP contribution in [0.15, 0.2) is 48.5 Å². The molecule has 5 heteroatoms. The number of aryl methyl sites for hydroxylation is 2. The molecule has 1 aliphatic rings. The van der Waals surface area contributed by atoms with Crippen LogP contribution in [0.4, 0.5) is 0 Å². The molecule has 1 saturated heterocycles. The Bertz CT molecular complexity index is 940. The summed E-state index contributed by atoms with van der Waals surface area (Å²) in [4.78, 5) is 17.4. The molecular formula is C22H26N4O. The number of amides is 1. The van der Waals surface area contributed by atoms with E-state index in [0.29, 0.717) is 12.5 Å². The molecule has 0 unspecified atom stereocenters. The fourth-order valence-electron chi connectivity index (χ4n) is 3.94. The fourth-order valence-corrected chi connectivity index (χ4v) is 3.94. The summed E-state index contributed by atoms with van der Waals surface area (Å²) in [6, 6.07) is 16.2. The van der Waals surface area contributed by atoms with Crippen LogP contribution in [0, 0.1) is 0 Å². The Labute approximate surface area is 159 Å². The average Bonchev–Trinajstić information content (AvgIpc) is 3.34. The monoisotopic (exact) mass is 362 g/mol. The highest BCUT2D eigenvalue weighted by atomic mass is 16.1. The molecule has 2 heterocycles. The number of rotatable bonds is 6. The largest absolute Gasteiger partial charge is 0.352 e. The summed E-state index contributed by atoms with van der Waals surface area (Å²) >= 11 is 0. The van der Waals surface area contributed by atoms with Gasteiger partial charge in [-0.3, -0.25) is 4.79 Å². The lowest BCUT2D eigenvalue weighted by molar-refractivity contribution is 0.0952. The van der Waals surface area contributed by atoms with Crippen molar-refractivity contribution in [2.24, 2.45) is 7.05 Å². The van der Waals surface area contributed by atoms with Gasteiger partial charge in [-0.25, -0.2) is 4.98 Å². The molecule has 1 fully saturated rings. The summed E-state index contributed by atoms with van der Waals surface area (Å²) in [7, 11) is 2.05. The van der Waals surface area contributed by atoms with Gasteiger partial charge >= 0.3 is 0 Å². The van der Waals surface area contributed by atoms with E-state index in [4.69, 9.17) is 4.98 Å². The topological polar surface area (TPSA) is 59.0 Å². The number of para-hydroxylation sites is 2. The number of carbonyl (C=O) groups is 1. The Kier molecular flexibility index (Phi) is 5.21.